The summed E-state index contributed by atoms with van der Waals surface area (Å²) in [6, 6.07) is 14.7. The Morgan fingerprint density at radius 3 is 2.42 bits per heavy atom. The maximum atomic E-state index is 13.3. The largest absolute Gasteiger partial charge is 0.507 e. The van der Waals surface area contributed by atoms with Crippen LogP contribution in [-0.2, 0) is 16.1 Å². The number of hydrogen-bond acceptors (Lipinski definition) is 5. The SMILES string of the molecule is COc1ccc(C2/C(=C(\O)c3ccc(F)cc3)C(=O)C(=O)N2Cc2cccnc2)cc1. The minimum absolute atomic E-state index is 0.0503. The van der Waals surface area contributed by atoms with E-state index >= 15 is 0 Å². The van der Waals surface area contributed by atoms with Crippen molar-refractivity contribution in [3.63, 3.8) is 0 Å². The zero-order valence-corrected chi connectivity index (χ0v) is 16.7. The zero-order valence-electron chi connectivity index (χ0n) is 16.7. The van der Waals surface area contributed by atoms with E-state index in [4.69, 9.17) is 4.74 Å². The summed E-state index contributed by atoms with van der Waals surface area (Å²) in [5.74, 6) is -1.74. The molecule has 2 heterocycles. The first-order valence-corrected chi connectivity index (χ1v) is 9.57. The van der Waals surface area contributed by atoms with Gasteiger partial charge >= 0.3 is 0 Å². The van der Waals surface area contributed by atoms with Crippen molar-refractivity contribution >= 4 is 17.4 Å². The number of carbonyl (C=O) groups excluding carboxylic acids is 2. The number of rotatable bonds is 5. The highest BCUT2D eigenvalue weighted by atomic mass is 19.1. The molecule has 4 rings (SSSR count). The fourth-order valence-electron chi connectivity index (χ4n) is 3.63. The number of likely N-dealkylation sites (tertiary alicyclic amines) is 1. The smallest absolute Gasteiger partial charge is 0.295 e. The van der Waals surface area contributed by atoms with E-state index in [0.29, 0.717) is 11.3 Å². The molecule has 3 aromatic rings. The monoisotopic (exact) mass is 418 g/mol. The number of methoxy groups -OCH3 is 1. The molecule has 156 valence electrons. The molecular weight excluding hydrogens is 399 g/mol. The topological polar surface area (TPSA) is 79.7 Å². The standard InChI is InChI=1S/C24H19FN2O4/c1-31-19-10-6-16(7-11-19)21-20(22(28)17-4-8-18(25)9-5-17)23(29)24(30)27(21)14-15-3-2-12-26-13-15/h2-13,21,28H,14H2,1H3/b22-20+. The summed E-state index contributed by atoms with van der Waals surface area (Å²) in [6.45, 7) is 0.134. The van der Waals surface area contributed by atoms with Gasteiger partial charge in [-0.25, -0.2) is 4.39 Å². The summed E-state index contributed by atoms with van der Waals surface area (Å²) >= 11 is 0. The third-order valence-corrected chi connectivity index (χ3v) is 5.16. The Bertz CT molecular complexity index is 1140. The third-order valence-electron chi connectivity index (χ3n) is 5.16. The van der Waals surface area contributed by atoms with Crippen LogP contribution in [0.25, 0.3) is 5.76 Å². The maximum absolute atomic E-state index is 13.3. The second-order valence-corrected chi connectivity index (χ2v) is 7.07. The molecule has 31 heavy (non-hydrogen) atoms. The average Bonchev–Trinajstić information content (AvgIpc) is 3.05. The Morgan fingerprint density at radius 1 is 1.10 bits per heavy atom. The normalized spacial score (nSPS) is 17.7. The molecule has 1 aliphatic heterocycles. The first-order chi connectivity index (χ1) is 15.0. The minimum Gasteiger partial charge on any atom is -0.507 e. The molecule has 0 bridgehead atoms. The van der Waals surface area contributed by atoms with Crippen molar-refractivity contribution < 1.29 is 23.8 Å². The van der Waals surface area contributed by atoms with Crippen LogP contribution in [0.5, 0.6) is 5.75 Å². The Balaban J connectivity index is 1.85. The number of Topliss-reactive ketones (excluding diaryl/α,β-unsaturated/α-hetero) is 1. The molecule has 0 saturated carbocycles. The molecule has 1 amide bonds. The highest BCUT2D eigenvalue weighted by molar-refractivity contribution is 6.46. The van der Waals surface area contributed by atoms with E-state index < -0.39 is 23.5 Å². The highest BCUT2D eigenvalue weighted by Gasteiger charge is 2.46. The van der Waals surface area contributed by atoms with Gasteiger partial charge in [-0.1, -0.05) is 18.2 Å². The molecule has 0 aliphatic carbocycles. The Hall–Kier alpha value is -4.00. The van der Waals surface area contributed by atoms with Crippen LogP contribution in [0.2, 0.25) is 0 Å². The molecule has 1 aromatic heterocycles. The number of aliphatic hydroxyl groups excluding tert-OH is 1. The number of aromatic nitrogens is 1. The molecule has 7 heteroatoms. The van der Waals surface area contributed by atoms with Crippen LogP contribution >= 0.6 is 0 Å². The van der Waals surface area contributed by atoms with E-state index in [2.05, 4.69) is 4.98 Å². The van der Waals surface area contributed by atoms with Gasteiger partial charge in [0.25, 0.3) is 11.7 Å². The molecule has 1 saturated heterocycles. The lowest BCUT2D eigenvalue weighted by atomic mass is 9.95. The number of nitrogens with zero attached hydrogens (tertiary/aromatic N) is 2. The van der Waals surface area contributed by atoms with Crippen molar-refractivity contribution in [3.05, 3.63) is 101 Å². The number of amides is 1. The van der Waals surface area contributed by atoms with Crippen LogP contribution in [-0.4, -0.2) is 33.8 Å². The third kappa shape index (κ3) is 3.90. The Kier molecular flexibility index (Phi) is 5.49. The van der Waals surface area contributed by atoms with Crippen molar-refractivity contribution in [1.29, 1.82) is 0 Å². The lowest BCUT2D eigenvalue weighted by Gasteiger charge is -2.25. The summed E-state index contributed by atoms with van der Waals surface area (Å²) in [5.41, 5.74) is 1.57. The molecule has 2 aromatic carbocycles. The van der Waals surface area contributed by atoms with Gasteiger partial charge in [0, 0.05) is 24.5 Å². The van der Waals surface area contributed by atoms with Gasteiger partial charge in [-0.3, -0.25) is 14.6 Å². The summed E-state index contributed by atoms with van der Waals surface area (Å²) in [4.78, 5) is 31.4. The van der Waals surface area contributed by atoms with Gasteiger partial charge < -0.3 is 14.7 Å². The van der Waals surface area contributed by atoms with Gasteiger partial charge in [-0.05, 0) is 53.6 Å². The molecule has 1 aliphatic rings. The molecule has 0 radical (unpaired) electrons. The second-order valence-electron chi connectivity index (χ2n) is 7.07. The van der Waals surface area contributed by atoms with Crippen molar-refractivity contribution in [2.24, 2.45) is 0 Å². The van der Waals surface area contributed by atoms with Crippen LogP contribution in [0.1, 0.15) is 22.7 Å². The van der Waals surface area contributed by atoms with Crippen molar-refractivity contribution in [2.45, 2.75) is 12.6 Å². The number of aliphatic hydroxyl groups is 1. The summed E-state index contributed by atoms with van der Waals surface area (Å²) in [6.07, 6.45) is 3.23. The summed E-state index contributed by atoms with van der Waals surface area (Å²) in [7, 11) is 1.54. The van der Waals surface area contributed by atoms with E-state index in [1.807, 2.05) is 0 Å². The fourth-order valence-corrected chi connectivity index (χ4v) is 3.63. The number of halogens is 1. The molecular formula is C24H19FN2O4. The highest BCUT2D eigenvalue weighted by Crippen LogP contribution is 2.40. The van der Waals surface area contributed by atoms with Crippen LogP contribution < -0.4 is 4.74 Å². The summed E-state index contributed by atoms with van der Waals surface area (Å²) < 4.78 is 18.5. The number of pyridine rings is 1. The second kappa shape index (κ2) is 8.39. The fraction of sp³-hybridized carbons (Fsp3) is 0.125. The zero-order chi connectivity index (χ0) is 22.0. The number of ether oxygens (including phenoxy) is 1. The molecule has 0 spiro atoms. The van der Waals surface area contributed by atoms with Crippen LogP contribution in [0.3, 0.4) is 0 Å². The van der Waals surface area contributed by atoms with Gasteiger partial charge in [0.1, 0.15) is 17.3 Å². The van der Waals surface area contributed by atoms with E-state index in [1.54, 1.807) is 48.8 Å². The van der Waals surface area contributed by atoms with E-state index in [1.165, 1.54) is 36.3 Å². The van der Waals surface area contributed by atoms with Crippen molar-refractivity contribution in [1.82, 2.24) is 9.88 Å². The van der Waals surface area contributed by atoms with Crippen molar-refractivity contribution in [3.8, 4) is 5.75 Å². The van der Waals surface area contributed by atoms with Crippen LogP contribution in [0.15, 0.2) is 78.6 Å². The van der Waals surface area contributed by atoms with Gasteiger partial charge in [0.05, 0.1) is 18.7 Å². The maximum Gasteiger partial charge on any atom is 0.295 e. The first-order valence-electron chi connectivity index (χ1n) is 9.57. The Morgan fingerprint density at radius 2 is 1.81 bits per heavy atom. The number of carbonyl (C=O) groups is 2. The van der Waals surface area contributed by atoms with E-state index in [9.17, 15) is 19.1 Å². The molecule has 1 atom stereocenters. The van der Waals surface area contributed by atoms with Crippen LogP contribution in [0.4, 0.5) is 4.39 Å². The van der Waals surface area contributed by atoms with Gasteiger partial charge in [0.15, 0.2) is 0 Å². The van der Waals surface area contributed by atoms with E-state index in [-0.39, 0.29) is 23.4 Å². The van der Waals surface area contributed by atoms with E-state index in [0.717, 1.165) is 5.56 Å². The number of benzene rings is 2. The molecule has 1 unspecified atom stereocenters. The first kappa shape index (κ1) is 20.3. The number of hydrogen-bond donors (Lipinski definition) is 1. The lowest BCUT2D eigenvalue weighted by molar-refractivity contribution is -0.140. The van der Waals surface area contributed by atoms with Gasteiger partial charge in [-0.2, -0.15) is 0 Å². The number of ketones is 1. The Labute approximate surface area is 178 Å². The molecule has 6 nitrogen and oxygen atoms in total. The van der Waals surface area contributed by atoms with Crippen LogP contribution in [0, 0.1) is 5.82 Å². The van der Waals surface area contributed by atoms with Crippen molar-refractivity contribution in [2.75, 3.05) is 7.11 Å². The molecule has 1 fully saturated rings. The predicted molar refractivity (Wildman–Crippen MR) is 111 cm³/mol. The minimum atomic E-state index is -0.823. The van der Waals surface area contributed by atoms with Gasteiger partial charge in [0.2, 0.25) is 0 Å². The lowest BCUT2D eigenvalue weighted by Crippen LogP contribution is -2.29. The van der Waals surface area contributed by atoms with Gasteiger partial charge in [-0.15, -0.1) is 0 Å². The predicted octanol–water partition coefficient (Wildman–Crippen LogP) is 3.85. The quantitative estimate of drug-likeness (QED) is 0.387. The summed E-state index contributed by atoms with van der Waals surface area (Å²) in [5, 5.41) is 10.9. The average molecular weight is 418 g/mol. The molecule has 1 N–H and O–H groups in total.